The number of hydrogen-bond donors (Lipinski definition) is 0. The number of hydrogen-bond acceptors (Lipinski definition) is 5. The Morgan fingerprint density at radius 3 is 2.36 bits per heavy atom. The molecule has 3 aromatic rings. The van der Waals surface area contributed by atoms with Gasteiger partial charge in [-0.15, -0.1) is 0 Å². The standard InChI is InChI=1S/C29H30N4O3/c1-22-20-31(25-12-6-3-7-13-25)15-16-32(22)26(34)17-29(24-10-4-2-5-11-24)18-27(35)33(28(29)36)21-23-9-8-14-30-19-23/h2-14,19,22H,15-18,20-21H2,1H3/t22-,29-/m0/s1. The molecule has 0 unspecified atom stereocenters. The molecule has 2 atom stereocenters. The average molecular weight is 483 g/mol. The van der Waals surface area contributed by atoms with Crippen LogP contribution in [-0.4, -0.2) is 58.2 Å². The molecule has 1 aromatic heterocycles. The largest absolute Gasteiger partial charge is 0.368 e. The minimum atomic E-state index is -1.20. The van der Waals surface area contributed by atoms with Gasteiger partial charge in [0.25, 0.3) is 0 Å². The molecule has 5 rings (SSSR count). The van der Waals surface area contributed by atoms with E-state index >= 15 is 0 Å². The van der Waals surface area contributed by atoms with E-state index in [-0.39, 0.29) is 43.1 Å². The number of para-hydroxylation sites is 1. The molecule has 36 heavy (non-hydrogen) atoms. The Hall–Kier alpha value is -4.00. The van der Waals surface area contributed by atoms with E-state index in [4.69, 9.17) is 0 Å². The van der Waals surface area contributed by atoms with Crippen molar-refractivity contribution in [1.29, 1.82) is 0 Å². The van der Waals surface area contributed by atoms with E-state index in [1.54, 1.807) is 18.5 Å². The van der Waals surface area contributed by atoms with Crippen LogP contribution < -0.4 is 4.90 Å². The normalized spacial score (nSPS) is 22.2. The Kier molecular flexibility index (Phi) is 6.55. The highest BCUT2D eigenvalue weighted by Crippen LogP contribution is 2.41. The topological polar surface area (TPSA) is 73.8 Å². The molecule has 0 aliphatic carbocycles. The smallest absolute Gasteiger partial charge is 0.241 e. The molecule has 0 N–H and O–H groups in total. The fourth-order valence-electron chi connectivity index (χ4n) is 5.42. The van der Waals surface area contributed by atoms with E-state index < -0.39 is 5.41 Å². The van der Waals surface area contributed by atoms with Crippen molar-refractivity contribution in [3.8, 4) is 0 Å². The summed E-state index contributed by atoms with van der Waals surface area (Å²) in [6.45, 7) is 4.20. The molecular formula is C29H30N4O3. The number of carbonyl (C=O) groups excluding carboxylic acids is 3. The summed E-state index contributed by atoms with van der Waals surface area (Å²) >= 11 is 0. The number of likely N-dealkylation sites (tertiary alicyclic amines) is 1. The van der Waals surface area contributed by atoms with Crippen LogP contribution >= 0.6 is 0 Å². The number of rotatable bonds is 6. The zero-order chi connectivity index (χ0) is 25.1. The van der Waals surface area contributed by atoms with Crippen LogP contribution in [0.25, 0.3) is 0 Å². The van der Waals surface area contributed by atoms with Crippen LogP contribution in [0.3, 0.4) is 0 Å². The van der Waals surface area contributed by atoms with Crippen molar-refractivity contribution in [2.45, 2.75) is 37.8 Å². The second-order valence-electron chi connectivity index (χ2n) is 9.67. The summed E-state index contributed by atoms with van der Waals surface area (Å²) in [7, 11) is 0. The van der Waals surface area contributed by atoms with E-state index in [0.29, 0.717) is 18.7 Å². The molecular weight excluding hydrogens is 452 g/mol. The summed E-state index contributed by atoms with van der Waals surface area (Å²) in [4.78, 5) is 50.3. The summed E-state index contributed by atoms with van der Waals surface area (Å²) in [5.41, 5.74) is 1.43. The fourth-order valence-corrected chi connectivity index (χ4v) is 5.42. The SMILES string of the molecule is C[C@H]1CN(c2ccccc2)CCN1C(=O)C[C@@]1(c2ccccc2)CC(=O)N(Cc2cccnc2)C1=O. The highest BCUT2D eigenvalue weighted by Gasteiger charge is 2.54. The summed E-state index contributed by atoms with van der Waals surface area (Å²) in [5, 5.41) is 0. The molecule has 2 aromatic carbocycles. The van der Waals surface area contributed by atoms with E-state index in [9.17, 15) is 14.4 Å². The van der Waals surface area contributed by atoms with Crippen molar-refractivity contribution in [1.82, 2.24) is 14.8 Å². The third-order valence-electron chi connectivity index (χ3n) is 7.32. The van der Waals surface area contributed by atoms with Crippen LogP contribution in [0.5, 0.6) is 0 Å². The fraction of sp³-hybridized carbons (Fsp3) is 0.310. The summed E-state index contributed by atoms with van der Waals surface area (Å²) < 4.78 is 0. The van der Waals surface area contributed by atoms with E-state index in [2.05, 4.69) is 22.0 Å². The number of nitrogens with zero attached hydrogens (tertiary/aromatic N) is 4. The first kappa shape index (κ1) is 23.7. The monoisotopic (exact) mass is 482 g/mol. The van der Waals surface area contributed by atoms with Gasteiger partial charge in [-0.25, -0.2) is 0 Å². The van der Waals surface area contributed by atoms with Gasteiger partial charge in [0.2, 0.25) is 17.7 Å². The maximum atomic E-state index is 13.9. The number of aromatic nitrogens is 1. The lowest BCUT2D eigenvalue weighted by Crippen LogP contribution is -2.55. The lowest BCUT2D eigenvalue weighted by molar-refractivity contribution is -0.144. The Balaban J connectivity index is 1.38. The number of anilines is 1. The van der Waals surface area contributed by atoms with Crippen LogP contribution in [0.15, 0.2) is 85.2 Å². The number of amides is 3. The van der Waals surface area contributed by atoms with E-state index in [1.807, 2.05) is 66.4 Å². The Morgan fingerprint density at radius 2 is 1.69 bits per heavy atom. The highest BCUT2D eigenvalue weighted by molar-refractivity contribution is 6.10. The van der Waals surface area contributed by atoms with Crippen molar-refractivity contribution in [2.75, 3.05) is 24.5 Å². The van der Waals surface area contributed by atoms with Crippen LogP contribution in [0, 0.1) is 0 Å². The maximum absolute atomic E-state index is 13.9. The predicted molar refractivity (Wildman–Crippen MR) is 137 cm³/mol. The van der Waals surface area contributed by atoms with Crippen molar-refractivity contribution in [3.05, 3.63) is 96.3 Å². The quantitative estimate of drug-likeness (QED) is 0.504. The van der Waals surface area contributed by atoms with E-state index in [0.717, 1.165) is 17.8 Å². The first-order valence-corrected chi connectivity index (χ1v) is 12.4. The van der Waals surface area contributed by atoms with Gasteiger partial charge in [-0.05, 0) is 36.2 Å². The third-order valence-corrected chi connectivity index (χ3v) is 7.32. The molecule has 184 valence electrons. The third kappa shape index (κ3) is 4.49. The molecule has 2 fully saturated rings. The van der Waals surface area contributed by atoms with Crippen molar-refractivity contribution in [2.24, 2.45) is 0 Å². The molecule has 3 amide bonds. The molecule has 0 radical (unpaired) electrons. The average Bonchev–Trinajstić information content (AvgIpc) is 3.15. The summed E-state index contributed by atoms with van der Waals surface area (Å²) in [6, 6.07) is 23.1. The Labute approximate surface area is 211 Å². The second kappa shape index (κ2) is 9.93. The molecule has 2 aliphatic rings. The van der Waals surface area contributed by atoms with Crippen LogP contribution in [-0.2, 0) is 26.3 Å². The van der Waals surface area contributed by atoms with Crippen LogP contribution in [0.1, 0.15) is 30.9 Å². The molecule has 2 aliphatic heterocycles. The zero-order valence-corrected chi connectivity index (χ0v) is 20.4. The van der Waals surface area contributed by atoms with E-state index in [1.165, 1.54) is 4.90 Å². The molecule has 3 heterocycles. The van der Waals surface area contributed by atoms with Gasteiger partial charge in [-0.2, -0.15) is 0 Å². The van der Waals surface area contributed by atoms with Crippen LogP contribution in [0.2, 0.25) is 0 Å². The zero-order valence-electron chi connectivity index (χ0n) is 20.4. The Bertz CT molecular complexity index is 1240. The van der Waals surface area contributed by atoms with Gasteiger partial charge < -0.3 is 9.80 Å². The molecule has 0 saturated carbocycles. The van der Waals surface area contributed by atoms with Gasteiger partial charge in [0, 0.05) is 56.6 Å². The van der Waals surface area contributed by atoms with Gasteiger partial charge in [0.15, 0.2) is 0 Å². The van der Waals surface area contributed by atoms with Crippen molar-refractivity contribution >= 4 is 23.4 Å². The predicted octanol–water partition coefficient (Wildman–Crippen LogP) is 3.41. The first-order chi connectivity index (χ1) is 17.5. The maximum Gasteiger partial charge on any atom is 0.241 e. The number of pyridine rings is 1. The van der Waals surface area contributed by atoms with Gasteiger partial charge in [0.1, 0.15) is 0 Å². The van der Waals surface area contributed by atoms with Gasteiger partial charge in [0.05, 0.1) is 12.0 Å². The first-order valence-electron chi connectivity index (χ1n) is 12.4. The lowest BCUT2D eigenvalue weighted by atomic mass is 9.75. The van der Waals surface area contributed by atoms with Crippen molar-refractivity contribution in [3.63, 3.8) is 0 Å². The minimum absolute atomic E-state index is 0.0137. The van der Waals surface area contributed by atoms with Gasteiger partial charge in [-0.1, -0.05) is 54.6 Å². The molecule has 7 heteroatoms. The molecule has 7 nitrogen and oxygen atoms in total. The van der Waals surface area contributed by atoms with Gasteiger partial charge >= 0.3 is 0 Å². The molecule has 0 spiro atoms. The minimum Gasteiger partial charge on any atom is -0.368 e. The number of piperazine rings is 1. The van der Waals surface area contributed by atoms with Gasteiger partial charge in [-0.3, -0.25) is 24.3 Å². The summed E-state index contributed by atoms with van der Waals surface area (Å²) in [5.74, 6) is -0.669. The summed E-state index contributed by atoms with van der Waals surface area (Å²) in [6.07, 6.45) is 3.27. The second-order valence-corrected chi connectivity index (χ2v) is 9.67. The lowest BCUT2D eigenvalue weighted by Gasteiger charge is -2.42. The molecule has 0 bridgehead atoms. The molecule has 2 saturated heterocycles. The van der Waals surface area contributed by atoms with Crippen LogP contribution in [0.4, 0.5) is 5.69 Å². The number of imide groups is 1. The highest BCUT2D eigenvalue weighted by atomic mass is 16.2. The number of carbonyl (C=O) groups is 3. The number of benzene rings is 2. The Morgan fingerprint density at radius 1 is 0.972 bits per heavy atom. The van der Waals surface area contributed by atoms with Crippen molar-refractivity contribution < 1.29 is 14.4 Å².